The van der Waals surface area contributed by atoms with Gasteiger partial charge in [-0.05, 0) is 48.1 Å². The summed E-state index contributed by atoms with van der Waals surface area (Å²) in [5.74, 6) is 0. The quantitative estimate of drug-likeness (QED) is 0.843. The number of halogens is 1. The summed E-state index contributed by atoms with van der Waals surface area (Å²) in [6.07, 6.45) is 1.20. The van der Waals surface area contributed by atoms with Gasteiger partial charge >= 0.3 is 0 Å². The molecular weight excluding hydrogens is 290 g/mol. The van der Waals surface area contributed by atoms with Crippen LogP contribution in [-0.2, 0) is 0 Å². The standard InChI is InChI=1S/C14H22BrN3/c1-17-9-11-18(12-10-17)8-4-7-16-14-6-3-2-5-13(14)15/h2-3,5-6,16H,4,7-12H2,1H3. The number of hydrogen-bond donors (Lipinski definition) is 1. The smallest absolute Gasteiger partial charge is 0.0484 e. The first kappa shape index (κ1) is 13.8. The number of piperazine rings is 1. The Bertz CT molecular complexity index is 362. The summed E-state index contributed by atoms with van der Waals surface area (Å²) in [7, 11) is 2.20. The Labute approximate surface area is 118 Å². The average molecular weight is 312 g/mol. The van der Waals surface area contributed by atoms with Gasteiger partial charge in [-0.25, -0.2) is 0 Å². The van der Waals surface area contributed by atoms with Crippen LogP contribution in [0.25, 0.3) is 0 Å². The third-order valence-electron chi connectivity index (χ3n) is 3.44. The lowest BCUT2D eigenvalue weighted by Crippen LogP contribution is -2.44. The summed E-state index contributed by atoms with van der Waals surface area (Å²) < 4.78 is 1.14. The van der Waals surface area contributed by atoms with Crippen molar-refractivity contribution in [2.45, 2.75) is 6.42 Å². The number of nitrogens with one attached hydrogen (secondary N) is 1. The van der Waals surface area contributed by atoms with E-state index in [-0.39, 0.29) is 0 Å². The molecule has 0 radical (unpaired) electrons. The molecular formula is C14H22BrN3. The number of benzene rings is 1. The highest BCUT2D eigenvalue weighted by Crippen LogP contribution is 2.20. The zero-order chi connectivity index (χ0) is 12.8. The van der Waals surface area contributed by atoms with Gasteiger partial charge in [-0.2, -0.15) is 0 Å². The van der Waals surface area contributed by atoms with E-state index in [1.54, 1.807) is 0 Å². The molecule has 1 saturated heterocycles. The molecule has 1 fully saturated rings. The Balaban J connectivity index is 1.63. The zero-order valence-electron chi connectivity index (χ0n) is 11.0. The molecule has 1 N–H and O–H groups in total. The first-order valence-electron chi connectivity index (χ1n) is 6.65. The van der Waals surface area contributed by atoms with Gasteiger partial charge in [0.05, 0.1) is 0 Å². The van der Waals surface area contributed by atoms with Crippen LogP contribution < -0.4 is 5.32 Å². The van der Waals surface area contributed by atoms with Crippen molar-refractivity contribution in [2.75, 3.05) is 51.6 Å². The van der Waals surface area contributed by atoms with Crippen LogP contribution >= 0.6 is 15.9 Å². The van der Waals surface area contributed by atoms with Gasteiger partial charge in [0.25, 0.3) is 0 Å². The topological polar surface area (TPSA) is 18.5 Å². The molecule has 0 unspecified atom stereocenters. The summed E-state index contributed by atoms with van der Waals surface area (Å²) >= 11 is 3.55. The second kappa shape index (κ2) is 7.12. The van der Waals surface area contributed by atoms with Crippen LogP contribution in [0.5, 0.6) is 0 Å². The van der Waals surface area contributed by atoms with Crippen LogP contribution in [0.2, 0.25) is 0 Å². The van der Waals surface area contributed by atoms with Crippen molar-refractivity contribution in [2.24, 2.45) is 0 Å². The fourth-order valence-corrected chi connectivity index (χ4v) is 2.63. The average Bonchev–Trinajstić information content (AvgIpc) is 2.39. The van der Waals surface area contributed by atoms with E-state index in [1.165, 1.54) is 44.8 Å². The molecule has 1 aliphatic rings. The molecule has 1 aromatic rings. The minimum atomic E-state index is 1.04. The highest BCUT2D eigenvalue weighted by molar-refractivity contribution is 9.10. The molecule has 4 heteroatoms. The normalized spacial score (nSPS) is 17.9. The molecule has 3 nitrogen and oxygen atoms in total. The Morgan fingerprint density at radius 1 is 1.17 bits per heavy atom. The summed E-state index contributed by atoms with van der Waals surface area (Å²) in [5, 5.41) is 3.48. The fraction of sp³-hybridized carbons (Fsp3) is 0.571. The maximum absolute atomic E-state index is 3.55. The molecule has 0 bridgehead atoms. The molecule has 18 heavy (non-hydrogen) atoms. The highest BCUT2D eigenvalue weighted by Gasteiger charge is 2.12. The second-order valence-corrected chi connectivity index (χ2v) is 5.76. The Kier molecular flexibility index (Phi) is 5.47. The van der Waals surface area contributed by atoms with Gasteiger partial charge in [0, 0.05) is 42.9 Å². The lowest BCUT2D eigenvalue weighted by Gasteiger charge is -2.32. The van der Waals surface area contributed by atoms with Crippen LogP contribution in [0.15, 0.2) is 28.7 Å². The number of likely N-dealkylation sites (N-methyl/N-ethyl adjacent to an activating group) is 1. The number of nitrogens with zero attached hydrogens (tertiary/aromatic N) is 2. The maximum atomic E-state index is 3.55. The van der Waals surface area contributed by atoms with E-state index in [0.29, 0.717) is 0 Å². The molecule has 0 aliphatic carbocycles. The van der Waals surface area contributed by atoms with E-state index < -0.39 is 0 Å². The van der Waals surface area contributed by atoms with Gasteiger partial charge in [0.15, 0.2) is 0 Å². The van der Waals surface area contributed by atoms with Crippen LogP contribution in [0.1, 0.15) is 6.42 Å². The van der Waals surface area contributed by atoms with E-state index in [1.807, 2.05) is 6.07 Å². The van der Waals surface area contributed by atoms with Crippen molar-refractivity contribution in [1.82, 2.24) is 9.80 Å². The molecule has 1 heterocycles. The minimum absolute atomic E-state index is 1.04. The van der Waals surface area contributed by atoms with Crippen LogP contribution in [0, 0.1) is 0 Å². The molecule has 1 aromatic carbocycles. The monoisotopic (exact) mass is 311 g/mol. The van der Waals surface area contributed by atoms with Crippen molar-refractivity contribution < 1.29 is 0 Å². The van der Waals surface area contributed by atoms with Gasteiger partial charge in [-0.1, -0.05) is 12.1 Å². The van der Waals surface area contributed by atoms with Crippen LogP contribution in [0.4, 0.5) is 5.69 Å². The van der Waals surface area contributed by atoms with Crippen LogP contribution in [0.3, 0.4) is 0 Å². The predicted molar refractivity (Wildman–Crippen MR) is 81.2 cm³/mol. The van der Waals surface area contributed by atoms with Gasteiger partial charge < -0.3 is 15.1 Å². The summed E-state index contributed by atoms with van der Waals surface area (Å²) in [5.41, 5.74) is 1.19. The summed E-state index contributed by atoms with van der Waals surface area (Å²) in [4.78, 5) is 4.96. The summed E-state index contributed by atoms with van der Waals surface area (Å²) in [6, 6.07) is 8.29. The van der Waals surface area contributed by atoms with Crippen molar-refractivity contribution in [3.05, 3.63) is 28.7 Å². The predicted octanol–water partition coefficient (Wildman–Crippen LogP) is 2.50. The van der Waals surface area contributed by atoms with E-state index in [2.05, 4.69) is 56.3 Å². The fourth-order valence-electron chi connectivity index (χ4n) is 2.20. The molecule has 0 atom stereocenters. The van der Waals surface area contributed by atoms with Crippen molar-refractivity contribution in [3.8, 4) is 0 Å². The van der Waals surface area contributed by atoms with Gasteiger partial charge in [-0.3, -0.25) is 0 Å². The highest BCUT2D eigenvalue weighted by atomic mass is 79.9. The number of rotatable bonds is 5. The maximum Gasteiger partial charge on any atom is 0.0484 e. The molecule has 1 aliphatic heterocycles. The van der Waals surface area contributed by atoms with Crippen molar-refractivity contribution in [3.63, 3.8) is 0 Å². The summed E-state index contributed by atoms with van der Waals surface area (Å²) in [6.45, 7) is 7.08. The number of para-hydroxylation sites is 1. The third kappa shape index (κ3) is 4.26. The zero-order valence-corrected chi connectivity index (χ0v) is 12.6. The van der Waals surface area contributed by atoms with E-state index in [9.17, 15) is 0 Å². The molecule has 0 amide bonds. The Morgan fingerprint density at radius 2 is 1.89 bits per heavy atom. The number of anilines is 1. The van der Waals surface area contributed by atoms with Gasteiger partial charge in [-0.15, -0.1) is 0 Å². The molecule has 0 aromatic heterocycles. The number of hydrogen-bond acceptors (Lipinski definition) is 3. The minimum Gasteiger partial charge on any atom is -0.384 e. The lowest BCUT2D eigenvalue weighted by atomic mass is 10.3. The Morgan fingerprint density at radius 3 is 2.61 bits per heavy atom. The largest absolute Gasteiger partial charge is 0.384 e. The van der Waals surface area contributed by atoms with Gasteiger partial charge in [0.1, 0.15) is 0 Å². The van der Waals surface area contributed by atoms with Gasteiger partial charge in [0.2, 0.25) is 0 Å². The second-order valence-electron chi connectivity index (χ2n) is 4.91. The molecule has 0 saturated carbocycles. The first-order valence-corrected chi connectivity index (χ1v) is 7.44. The molecule has 100 valence electrons. The SMILES string of the molecule is CN1CCN(CCCNc2ccccc2Br)CC1. The lowest BCUT2D eigenvalue weighted by molar-refractivity contribution is 0.154. The van der Waals surface area contributed by atoms with E-state index in [0.717, 1.165) is 11.0 Å². The van der Waals surface area contributed by atoms with E-state index in [4.69, 9.17) is 0 Å². The molecule has 2 rings (SSSR count). The van der Waals surface area contributed by atoms with Crippen molar-refractivity contribution in [1.29, 1.82) is 0 Å². The van der Waals surface area contributed by atoms with Crippen molar-refractivity contribution >= 4 is 21.6 Å². The first-order chi connectivity index (χ1) is 8.75. The third-order valence-corrected chi connectivity index (χ3v) is 4.13. The molecule has 0 spiro atoms. The van der Waals surface area contributed by atoms with Crippen LogP contribution in [-0.4, -0.2) is 56.1 Å². The Hall–Kier alpha value is -0.580. The van der Waals surface area contributed by atoms with E-state index >= 15 is 0 Å².